The van der Waals surface area contributed by atoms with Crippen LogP contribution in [0.15, 0.2) is 36.4 Å². The van der Waals surface area contributed by atoms with E-state index in [1.165, 1.54) is 12.3 Å². The fourth-order valence-corrected chi connectivity index (χ4v) is 19.2. The third kappa shape index (κ3) is 12.0. The summed E-state index contributed by atoms with van der Waals surface area (Å²) in [5, 5.41) is 5.09. The van der Waals surface area contributed by atoms with E-state index < -0.39 is 16.1 Å². The van der Waals surface area contributed by atoms with E-state index >= 15 is 0 Å². The van der Waals surface area contributed by atoms with Gasteiger partial charge in [-0.2, -0.15) is 16.8 Å². The topological polar surface area (TPSA) is 0 Å². The van der Waals surface area contributed by atoms with Crippen molar-refractivity contribution < 1.29 is 17.1 Å². The molecule has 0 spiro atoms. The van der Waals surface area contributed by atoms with Gasteiger partial charge in [-0.3, -0.25) is 0 Å². The number of rotatable bonds is 6. The predicted molar refractivity (Wildman–Crippen MR) is 190 cm³/mol. The molecule has 0 aromatic heterocycles. The second-order valence-corrected chi connectivity index (χ2v) is 35.0. The molecule has 39 heavy (non-hydrogen) atoms. The summed E-state index contributed by atoms with van der Waals surface area (Å²) < 4.78 is 0. The minimum absolute atomic E-state index is 0. The first kappa shape index (κ1) is 39.5. The Bertz CT molecular complexity index is 932. The first-order valence-electron chi connectivity index (χ1n) is 14.7. The molecule has 0 amide bonds. The van der Waals surface area contributed by atoms with Crippen LogP contribution >= 0.6 is 15.8 Å². The van der Waals surface area contributed by atoms with Crippen LogP contribution in [0.1, 0.15) is 94.2 Å². The molecule has 2 rings (SSSR count). The zero-order valence-electron chi connectivity index (χ0n) is 29.1. The molecule has 0 fully saturated rings. The summed E-state index contributed by atoms with van der Waals surface area (Å²) >= 11 is 0. The second kappa shape index (κ2) is 13.9. The Kier molecular flexibility index (Phi) is 14.1. The van der Waals surface area contributed by atoms with E-state index in [4.69, 9.17) is 0 Å². The molecule has 0 atom stereocenters. The van der Waals surface area contributed by atoms with Gasteiger partial charge in [-0.15, -0.1) is 13.5 Å². The Labute approximate surface area is 261 Å². The smallest absolute Gasteiger partial charge is 0.00427 e. The first-order valence-corrected chi connectivity index (χ1v) is 24.8. The normalized spacial score (nSPS) is 13.8. The molecule has 0 saturated carbocycles. The molecule has 0 aliphatic rings. The van der Waals surface area contributed by atoms with Gasteiger partial charge in [-0.05, 0) is 26.8 Å². The molecule has 2 aromatic carbocycles. The SMILES string of the molecule is CC(C)(C)P(Cc1c([Si](C)(C)C)c([Si](C)(C)C)c[c-]1CP(C(C)(C)C)C(C)(C)C)C(C)(C)C.[Fe].[cH-]1[cH-][cH-][cH-][cH-]1. The van der Waals surface area contributed by atoms with Gasteiger partial charge >= 0.3 is 0 Å². The van der Waals surface area contributed by atoms with E-state index in [0.717, 1.165) is 0 Å². The summed E-state index contributed by atoms with van der Waals surface area (Å²) in [4.78, 5) is 0. The van der Waals surface area contributed by atoms with Crippen LogP contribution in [0.2, 0.25) is 39.3 Å². The zero-order chi connectivity index (χ0) is 30.1. The third-order valence-corrected chi connectivity index (χ3v) is 19.4. The van der Waals surface area contributed by atoms with Gasteiger partial charge in [0.25, 0.3) is 0 Å². The van der Waals surface area contributed by atoms with Gasteiger partial charge < -0.3 is 30.3 Å². The molecule has 0 bridgehead atoms. The van der Waals surface area contributed by atoms with Crippen molar-refractivity contribution in [2.24, 2.45) is 0 Å². The molecule has 0 N–H and O–H groups in total. The summed E-state index contributed by atoms with van der Waals surface area (Å²) in [6, 6.07) is 12.8. The molecule has 0 unspecified atom stereocenters. The molecule has 5 heteroatoms. The van der Waals surface area contributed by atoms with E-state index in [9.17, 15) is 0 Å². The Morgan fingerprint density at radius 1 is 0.590 bits per heavy atom. The minimum Gasteiger partial charge on any atom is -0.748 e. The average molecular weight is 647 g/mol. The summed E-state index contributed by atoms with van der Waals surface area (Å²) in [5.74, 6) is 0. The first-order chi connectivity index (χ1) is 16.7. The molecule has 232 valence electrons. The van der Waals surface area contributed by atoms with Crippen molar-refractivity contribution in [3.8, 4) is 0 Å². The largest absolute Gasteiger partial charge is 0.748 e. The minimum atomic E-state index is -1.49. The van der Waals surface area contributed by atoms with Crippen molar-refractivity contribution in [3.63, 3.8) is 0 Å². The third-order valence-electron chi connectivity index (χ3n) is 7.27. The van der Waals surface area contributed by atoms with Gasteiger partial charge in [-0.25, -0.2) is 5.19 Å². The Morgan fingerprint density at radius 3 is 1.18 bits per heavy atom. The molecular weight excluding hydrogens is 582 g/mol. The van der Waals surface area contributed by atoms with E-state index in [2.05, 4.69) is 128 Å². The zero-order valence-corrected chi connectivity index (χ0v) is 34.0. The number of hydrogen-bond acceptors (Lipinski definition) is 0. The van der Waals surface area contributed by atoms with Crippen LogP contribution in [0.4, 0.5) is 0 Å². The van der Waals surface area contributed by atoms with Crippen LogP contribution in [0.3, 0.4) is 0 Å². The maximum Gasteiger partial charge on any atom is 0.00427 e. The van der Waals surface area contributed by atoms with Crippen LogP contribution in [-0.2, 0) is 29.4 Å². The van der Waals surface area contributed by atoms with Crippen molar-refractivity contribution in [1.82, 2.24) is 0 Å². The second-order valence-electron chi connectivity index (χ2n) is 17.3. The molecule has 0 saturated heterocycles. The summed E-state index contributed by atoms with van der Waals surface area (Å²) in [7, 11) is -3.23. The summed E-state index contributed by atoms with van der Waals surface area (Å²) in [6.45, 7) is 45.5. The van der Waals surface area contributed by atoms with Crippen molar-refractivity contribution in [2.75, 3.05) is 0 Å². The molecule has 0 radical (unpaired) electrons. The van der Waals surface area contributed by atoms with Crippen molar-refractivity contribution in [3.05, 3.63) is 47.5 Å². The molecule has 2 aromatic rings. The maximum atomic E-state index is 2.75. The van der Waals surface area contributed by atoms with Crippen molar-refractivity contribution >= 4 is 42.4 Å². The van der Waals surface area contributed by atoms with Crippen LogP contribution in [0.25, 0.3) is 0 Å². The maximum absolute atomic E-state index is 2.75. The van der Waals surface area contributed by atoms with E-state index in [-0.39, 0.29) is 32.9 Å². The fourth-order valence-electron chi connectivity index (χ4n) is 6.04. The van der Waals surface area contributed by atoms with Gasteiger partial charge in [0.05, 0.1) is 0 Å². The average Bonchev–Trinajstić information content (AvgIpc) is 3.30. The van der Waals surface area contributed by atoms with Gasteiger partial charge in [0.1, 0.15) is 0 Å². The molecule has 0 nitrogen and oxygen atoms in total. The quantitative estimate of drug-likeness (QED) is 0.166. The van der Waals surface area contributed by atoms with Crippen molar-refractivity contribution in [1.29, 1.82) is 0 Å². The van der Waals surface area contributed by atoms with E-state index in [1.54, 1.807) is 10.8 Å². The Hall–Kier alpha value is 0.513. The monoisotopic (exact) mass is 646 g/mol. The standard InChI is InChI=1S/C29H59P2Si2.C5H5.Fe/c1-26(2,3)30(27(4,5)6)20-22-19-24(32(13,14)15)25(33(16,17)18)23(22)21-31(28(7,8)9)29(10,11)12;1-2-4-5-3-1;/h19H,20-21H2,1-18H3;1-5H;/q-1;-5;. The van der Waals surface area contributed by atoms with Crippen LogP contribution in [-0.4, -0.2) is 36.8 Å². The van der Waals surface area contributed by atoms with Gasteiger partial charge in [0.15, 0.2) is 0 Å². The van der Waals surface area contributed by atoms with Crippen molar-refractivity contribution in [2.45, 2.75) is 155 Å². The predicted octanol–water partition coefficient (Wildman–Crippen LogP) is 11.1. The van der Waals surface area contributed by atoms with Gasteiger partial charge in [-0.1, -0.05) is 136 Å². The Balaban J connectivity index is 0.00000215. The van der Waals surface area contributed by atoms with Crippen LogP contribution in [0, 0.1) is 0 Å². The molecular formula is C34H64FeP2Si2-6. The van der Waals surface area contributed by atoms with Crippen LogP contribution < -0.4 is 10.4 Å². The van der Waals surface area contributed by atoms with E-state index in [0.29, 0.717) is 20.6 Å². The molecule has 0 aliphatic carbocycles. The summed E-state index contributed by atoms with van der Waals surface area (Å²) in [6.07, 6.45) is 2.59. The van der Waals surface area contributed by atoms with E-state index in [1.807, 2.05) is 41.1 Å². The summed E-state index contributed by atoms with van der Waals surface area (Å²) in [5.41, 5.74) is 3.55. The van der Waals surface area contributed by atoms with Crippen LogP contribution in [0.5, 0.6) is 0 Å². The molecule has 0 heterocycles. The Morgan fingerprint density at radius 2 is 0.923 bits per heavy atom. The van der Waals surface area contributed by atoms with Gasteiger partial charge in [0, 0.05) is 33.2 Å². The molecule has 0 aliphatic heterocycles. The number of hydrogen-bond donors (Lipinski definition) is 0. The van der Waals surface area contributed by atoms with Gasteiger partial charge in [0.2, 0.25) is 0 Å². The fraction of sp³-hybridized carbons (Fsp3) is 0.706.